The van der Waals surface area contributed by atoms with Gasteiger partial charge in [-0.2, -0.15) is 0 Å². The van der Waals surface area contributed by atoms with Crippen LogP contribution < -0.4 is 10.1 Å². The number of likely N-dealkylation sites (tertiary alicyclic amines) is 1. The predicted octanol–water partition coefficient (Wildman–Crippen LogP) is 3.03. The summed E-state index contributed by atoms with van der Waals surface area (Å²) in [4.78, 5) is 26.5. The molecule has 1 aliphatic rings. The number of nitrogens with one attached hydrogen (secondary N) is 1. The summed E-state index contributed by atoms with van der Waals surface area (Å²) in [6.07, 6.45) is 1.08. The fourth-order valence-electron chi connectivity index (χ4n) is 3.10. The van der Waals surface area contributed by atoms with Crippen molar-refractivity contribution in [1.82, 2.24) is 4.90 Å². The summed E-state index contributed by atoms with van der Waals surface area (Å²) in [5.41, 5.74) is 3.14. The number of rotatable bonds is 6. The van der Waals surface area contributed by atoms with Crippen molar-refractivity contribution in [1.29, 1.82) is 0 Å². The standard InChI is InChI=1S/C21H24N2O3/c1-15-3-5-16(6-4-15)11-12-23-14-17(13-20(23)24)21(25)22-18-7-9-19(26-2)10-8-18/h3-10,17H,11-14H2,1-2H3,(H,22,25). The molecule has 136 valence electrons. The van der Waals surface area contributed by atoms with E-state index in [1.807, 2.05) is 0 Å². The van der Waals surface area contributed by atoms with Crippen LogP contribution in [0.15, 0.2) is 48.5 Å². The molecule has 1 heterocycles. The number of nitrogens with zero attached hydrogens (tertiary/aromatic N) is 1. The van der Waals surface area contributed by atoms with Gasteiger partial charge in [-0.1, -0.05) is 29.8 Å². The van der Waals surface area contributed by atoms with Crippen LogP contribution in [0.25, 0.3) is 0 Å². The molecule has 1 aliphatic heterocycles. The number of ether oxygens (including phenoxy) is 1. The van der Waals surface area contributed by atoms with Crippen LogP contribution >= 0.6 is 0 Å². The lowest BCUT2D eigenvalue weighted by Crippen LogP contribution is -2.30. The lowest BCUT2D eigenvalue weighted by atomic mass is 10.1. The van der Waals surface area contributed by atoms with E-state index in [2.05, 4.69) is 36.5 Å². The Morgan fingerprint density at radius 3 is 2.50 bits per heavy atom. The maximum atomic E-state index is 12.5. The smallest absolute Gasteiger partial charge is 0.229 e. The molecule has 3 rings (SSSR count). The molecule has 5 nitrogen and oxygen atoms in total. The maximum absolute atomic E-state index is 12.5. The normalized spacial score (nSPS) is 16.6. The van der Waals surface area contributed by atoms with Crippen molar-refractivity contribution < 1.29 is 14.3 Å². The van der Waals surface area contributed by atoms with Gasteiger partial charge in [-0.05, 0) is 43.2 Å². The highest BCUT2D eigenvalue weighted by atomic mass is 16.5. The molecule has 5 heteroatoms. The molecule has 0 bridgehead atoms. The van der Waals surface area contributed by atoms with Crippen LogP contribution in [0.5, 0.6) is 5.75 Å². The largest absolute Gasteiger partial charge is 0.497 e. The summed E-state index contributed by atoms with van der Waals surface area (Å²) in [5.74, 6) is 0.372. The SMILES string of the molecule is COc1ccc(NC(=O)C2CC(=O)N(CCc3ccc(C)cc3)C2)cc1. The average Bonchev–Trinajstić information content (AvgIpc) is 3.03. The van der Waals surface area contributed by atoms with Crippen molar-refractivity contribution in [2.45, 2.75) is 19.8 Å². The third kappa shape index (κ3) is 4.42. The molecule has 1 saturated heterocycles. The number of anilines is 1. The van der Waals surface area contributed by atoms with Crippen molar-refractivity contribution in [3.8, 4) is 5.75 Å². The Morgan fingerprint density at radius 1 is 1.15 bits per heavy atom. The molecule has 2 aromatic rings. The molecule has 0 saturated carbocycles. The summed E-state index contributed by atoms with van der Waals surface area (Å²) < 4.78 is 5.11. The quantitative estimate of drug-likeness (QED) is 0.869. The van der Waals surface area contributed by atoms with E-state index in [1.165, 1.54) is 11.1 Å². The third-order valence-corrected chi connectivity index (χ3v) is 4.73. The molecule has 1 atom stereocenters. The van der Waals surface area contributed by atoms with Gasteiger partial charge in [0.2, 0.25) is 11.8 Å². The predicted molar refractivity (Wildman–Crippen MR) is 101 cm³/mol. The molecule has 0 spiro atoms. The molecule has 0 aromatic heterocycles. The van der Waals surface area contributed by atoms with Crippen molar-refractivity contribution in [3.63, 3.8) is 0 Å². The van der Waals surface area contributed by atoms with E-state index in [0.29, 0.717) is 18.8 Å². The number of benzene rings is 2. The van der Waals surface area contributed by atoms with Gasteiger partial charge in [0.25, 0.3) is 0 Å². The van der Waals surface area contributed by atoms with Gasteiger partial charge < -0.3 is 15.0 Å². The van der Waals surface area contributed by atoms with Gasteiger partial charge in [0.05, 0.1) is 13.0 Å². The number of hydrogen-bond donors (Lipinski definition) is 1. The molecule has 2 aromatic carbocycles. The van der Waals surface area contributed by atoms with Gasteiger partial charge in [-0.3, -0.25) is 9.59 Å². The number of carbonyl (C=O) groups excluding carboxylic acids is 2. The van der Waals surface area contributed by atoms with E-state index in [9.17, 15) is 9.59 Å². The number of carbonyl (C=O) groups is 2. The molecular weight excluding hydrogens is 328 g/mol. The van der Waals surface area contributed by atoms with Gasteiger partial charge in [0.1, 0.15) is 5.75 Å². The fourth-order valence-corrected chi connectivity index (χ4v) is 3.10. The summed E-state index contributed by atoms with van der Waals surface area (Å²) >= 11 is 0. The Morgan fingerprint density at radius 2 is 1.85 bits per heavy atom. The number of methoxy groups -OCH3 is 1. The number of amides is 2. The lowest BCUT2D eigenvalue weighted by molar-refractivity contribution is -0.128. The minimum atomic E-state index is -0.303. The number of hydrogen-bond acceptors (Lipinski definition) is 3. The topological polar surface area (TPSA) is 58.6 Å². The van der Waals surface area contributed by atoms with Gasteiger partial charge in [-0.15, -0.1) is 0 Å². The summed E-state index contributed by atoms with van der Waals surface area (Å²) in [6.45, 7) is 3.18. The van der Waals surface area contributed by atoms with Crippen LogP contribution in [-0.2, 0) is 16.0 Å². The van der Waals surface area contributed by atoms with E-state index in [1.54, 1.807) is 36.3 Å². The highest BCUT2D eigenvalue weighted by Crippen LogP contribution is 2.21. The van der Waals surface area contributed by atoms with Crippen LogP contribution in [0.1, 0.15) is 17.5 Å². The van der Waals surface area contributed by atoms with Crippen molar-refractivity contribution >= 4 is 17.5 Å². The molecule has 1 fully saturated rings. The Labute approximate surface area is 154 Å². The Bertz CT molecular complexity index is 769. The van der Waals surface area contributed by atoms with Gasteiger partial charge >= 0.3 is 0 Å². The molecular formula is C21H24N2O3. The van der Waals surface area contributed by atoms with E-state index in [-0.39, 0.29) is 24.2 Å². The average molecular weight is 352 g/mol. The minimum Gasteiger partial charge on any atom is -0.497 e. The first-order valence-corrected chi connectivity index (χ1v) is 8.83. The second-order valence-electron chi connectivity index (χ2n) is 6.69. The van der Waals surface area contributed by atoms with Crippen LogP contribution in [-0.4, -0.2) is 36.9 Å². The second kappa shape index (κ2) is 8.04. The van der Waals surface area contributed by atoms with Gasteiger partial charge in [0, 0.05) is 25.2 Å². The molecule has 1 N–H and O–H groups in total. The van der Waals surface area contributed by atoms with Crippen LogP contribution in [0.3, 0.4) is 0 Å². The van der Waals surface area contributed by atoms with Crippen LogP contribution in [0.4, 0.5) is 5.69 Å². The fraction of sp³-hybridized carbons (Fsp3) is 0.333. The lowest BCUT2D eigenvalue weighted by Gasteiger charge is -2.16. The molecule has 0 radical (unpaired) electrons. The van der Waals surface area contributed by atoms with Crippen molar-refractivity contribution in [3.05, 3.63) is 59.7 Å². The first-order chi connectivity index (χ1) is 12.5. The highest BCUT2D eigenvalue weighted by molar-refractivity contribution is 5.97. The highest BCUT2D eigenvalue weighted by Gasteiger charge is 2.33. The van der Waals surface area contributed by atoms with E-state index >= 15 is 0 Å². The second-order valence-corrected chi connectivity index (χ2v) is 6.69. The van der Waals surface area contributed by atoms with Gasteiger partial charge in [0.15, 0.2) is 0 Å². The van der Waals surface area contributed by atoms with Crippen molar-refractivity contribution in [2.75, 3.05) is 25.5 Å². The first kappa shape index (κ1) is 18.0. The zero-order valence-electron chi connectivity index (χ0n) is 15.2. The Kier molecular flexibility index (Phi) is 5.56. The van der Waals surface area contributed by atoms with E-state index in [0.717, 1.165) is 12.2 Å². The van der Waals surface area contributed by atoms with E-state index in [4.69, 9.17) is 4.74 Å². The monoisotopic (exact) mass is 352 g/mol. The maximum Gasteiger partial charge on any atom is 0.229 e. The molecule has 26 heavy (non-hydrogen) atoms. The van der Waals surface area contributed by atoms with Crippen LogP contribution in [0.2, 0.25) is 0 Å². The van der Waals surface area contributed by atoms with Gasteiger partial charge in [-0.25, -0.2) is 0 Å². The van der Waals surface area contributed by atoms with E-state index < -0.39 is 0 Å². The minimum absolute atomic E-state index is 0.0481. The molecule has 2 amide bonds. The Balaban J connectivity index is 1.52. The van der Waals surface area contributed by atoms with Crippen LogP contribution in [0, 0.1) is 12.8 Å². The first-order valence-electron chi connectivity index (χ1n) is 8.83. The third-order valence-electron chi connectivity index (χ3n) is 4.73. The van der Waals surface area contributed by atoms with Crippen molar-refractivity contribution in [2.24, 2.45) is 5.92 Å². The summed E-state index contributed by atoms with van der Waals surface area (Å²) in [5, 5.41) is 2.88. The number of aryl methyl sites for hydroxylation is 1. The summed E-state index contributed by atoms with van der Waals surface area (Å²) in [6, 6.07) is 15.5. The zero-order chi connectivity index (χ0) is 18.5. The molecule has 0 aliphatic carbocycles. The summed E-state index contributed by atoms with van der Waals surface area (Å²) in [7, 11) is 1.60. The Hall–Kier alpha value is -2.82. The zero-order valence-corrected chi connectivity index (χ0v) is 15.2. The molecule has 1 unspecified atom stereocenters.